The molecular weight excluding hydrogens is 458 g/mol. The second kappa shape index (κ2) is 11.0. The number of carbonyl (C=O) groups excluding carboxylic acids is 2. The lowest BCUT2D eigenvalue weighted by Gasteiger charge is -2.37. The molecule has 1 N–H and O–H groups in total. The molecule has 2 aliphatic heterocycles. The number of ether oxygens (including phenoxy) is 2. The Morgan fingerprint density at radius 2 is 1.78 bits per heavy atom. The number of hydrogen-bond acceptors (Lipinski definition) is 6. The molecule has 0 aliphatic carbocycles. The van der Waals surface area contributed by atoms with Crippen LogP contribution in [0.1, 0.15) is 33.3 Å². The Labute approximate surface area is 210 Å². The number of furan rings is 1. The fourth-order valence-corrected chi connectivity index (χ4v) is 5.00. The number of amides is 2. The molecule has 2 atom stereocenters. The predicted octanol–water partition coefficient (Wildman–Crippen LogP) is 3.05. The van der Waals surface area contributed by atoms with Crippen LogP contribution in [0.2, 0.25) is 0 Å². The first-order valence-electron chi connectivity index (χ1n) is 12.3. The van der Waals surface area contributed by atoms with Gasteiger partial charge in [0.15, 0.2) is 5.76 Å². The summed E-state index contributed by atoms with van der Waals surface area (Å²) in [6.45, 7) is 3.67. The third kappa shape index (κ3) is 5.15. The maximum absolute atomic E-state index is 13.6. The molecule has 36 heavy (non-hydrogen) atoms. The lowest BCUT2D eigenvalue weighted by molar-refractivity contribution is -0.126. The summed E-state index contributed by atoms with van der Waals surface area (Å²) in [6, 6.07) is 18.6. The van der Waals surface area contributed by atoms with Gasteiger partial charge in [0, 0.05) is 32.6 Å². The first-order chi connectivity index (χ1) is 17.6. The minimum atomic E-state index is -0.626. The maximum atomic E-state index is 13.6. The summed E-state index contributed by atoms with van der Waals surface area (Å²) in [5.41, 5.74) is 3.22. The summed E-state index contributed by atoms with van der Waals surface area (Å²) in [7, 11) is 1.65. The molecule has 1 saturated heterocycles. The molecule has 2 unspecified atom stereocenters. The number of benzene rings is 2. The molecular formula is C28H31N3O5. The summed E-state index contributed by atoms with van der Waals surface area (Å²) in [4.78, 5) is 30.8. The van der Waals surface area contributed by atoms with E-state index in [1.807, 2.05) is 48.5 Å². The van der Waals surface area contributed by atoms with E-state index in [0.717, 1.165) is 35.5 Å². The van der Waals surface area contributed by atoms with Gasteiger partial charge in [-0.25, -0.2) is 0 Å². The van der Waals surface area contributed by atoms with Gasteiger partial charge in [0.1, 0.15) is 11.8 Å². The molecule has 2 aromatic carbocycles. The van der Waals surface area contributed by atoms with Crippen LogP contribution in [-0.2, 0) is 22.5 Å². The maximum Gasteiger partial charge on any atom is 0.290 e. The third-order valence-corrected chi connectivity index (χ3v) is 7.00. The van der Waals surface area contributed by atoms with Crippen molar-refractivity contribution in [3.05, 3.63) is 89.4 Å². The smallest absolute Gasteiger partial charge is 0.290 e. The Morgan fingerprint density at radius 1 is 1.03 bits per heavy atom. The van der Waals surface area contributed by atoms with E-state index in [0.29, 0.717) is 32.7 Å². The van der Waals surface area contributed by atoms with Crippen molar-refractivity contribution in [2.45, 2.75) is 25.0 Å². The molecule has 8 nitrogen and oxygen atoms in total. The largest absolute Gasteiger partial charge is 0.497 e. The zero-order valence-corrected chi connectivity index (χ0v) is 20.4. The van der Waals surface area contributed by atoms with Crippen LogP contribution < -0.4 is 10.1 Å². The van der Waals surface area contributed by atoms with Crippen molar-refractivity contribution in [3.63, 3.8) is 0 Å². The van der Waals surface area contributed by atoms with Gasteiger partial charge in [-0.3, -0.25) is 14.5 Å². The first kappa shape index (κ1) is 24.1. The van der Waals surface area contributed by atoms with E-state index in [4.69, 9.17) is 13.9 Å². The highest BCUT2D eigenvalue weighted by molar-refractivity contribution is 5.96. The van der Waals surface area contributed by atoms with Crippen LogP contribution in [0.5, 0.6) is 5.75 Å². The molecule has 1 aromatic heterocycles. The monoisotopic (exact) mass is 489 g/mol. The van der Waals surface area contributed by atoms with Crippen LogP contribution in [0, 0.1) is 0 Å². The van der Waals surface area contributed by atoms with Gasteiger partial charge in [-0.1, -0.05) is 36.4 Å². The lowest BCUT2D eigenvalue weighted by atomic mass is 9.93. The van der Waals surface area contributed by atoms with Gasteiger partial charge >= 0.3 is 0 Å². The molecule has 1 fully saturated rings. The van der Waals surface area contributed by atoms with E-state index in [1.54, 1.807) is 24.1 Å². The second-order valence-electron chi connectivity index (χ2n) is 9.08. The normalized spacial score (nSPS) is 18.8. The Balaban J connectivity index is 1.36. The average Bonchev–Trinajstić information content (AvgIpc) is 3.48. The average molecular weight is 490 g/mol. The van der Waals surface area contributed by atoms with Crippen molar-refractivity contribution in [2.75, 3.05) is 40.0 Å². The van der Waals surface area contributed by atoms with Gasteiger partial charge in [0.2, 0.25) is 5.91 Å². The number of methoxy groups -OCH3 is 1. The zero-order chi connectivity index (χ0) is 24.9. The molecule has 8 heteroatoms. The molecule has 0 bridgehead atoms. The summed E-state index contributed by atoms with van der Waals surface area (Å²) >= 11 is 0. The van der Waals surface area contributed by atoms with Crippen molar-refractivity contribution in [3.8, 4) is 5.75 Å². The summed E-state index contributed by atoms with van der Waals surface area (Å²) in [5, 5.41) is 3.16. The van der Waals surface area contributed by atoms with E-state index in [9.17, 15) is 9.59 Å². The Bertz CT molecular complexity index is 1170. The van der Waals surface area contributed by atoms with Gasteiger partial charge in [-0.05, 0) is 41.0 Å². The molecule has 0 radical (unpaired) electrons. The number of nitrogens with zero attached hydrogens (tertiary/aromatic N) is 2. The highest BCUT2D eigenvalue weighted by Gasteiger charge is 2.36. The molecule has 0 saturated carbocycles. The van der Waals surface area contributed by atoms with Crippen molar-refractivity contribution < 1.29 is 23.5 Å². The molecule has 0 spiro atoms. The van der Waals surface area contributed by atoms with Crippen molar-refractivity contribution in [2.24, 2.45) is 0 Å². The lowest BCUT2D eigenvalue weighted by Crippen LogP contribution is -2.54. The first-order valence-corrected chi connectivity index (χ1v) is 12.3. The third-order valence-electron chi connectivity index (χ3n) is 7.00. The minimum absolute atomic E-state index is 0.0196. The van der Waals surface area contributed by atoms with Crippen LogP contribution in [-0.4, -0.2) is 67.6 Å². The van der Waals surface area contributed by atoms with Gasteiger partial charge in [-0.2, -0.15) is 0 Å². The number of rotatable bonds is 7. The van der Waals surface area contributed by atoms with Crippen molar-refractivity contribution >= 4 is 11.8 Å². The highest BCUT2D eigenvalue weighted by Crippen LogP contribution is 2.27. The van der Waals surface area contributed by atoms with Crippen LogP contribution in [0.4, 0.5) is 0 Å². The Kier molecular flexibility index (Phi) is 7.34. The SMILES string of the molecule is COc1ccc(C(CNC(=O)C2Cc3ccccc3CN2C(=O)c2ccco2)N2CCOCC2)cc1. The van der Waals surface area contributed by atoms with Crippen LogP contribution in [0.3, 0.4) is 0 Å². The number of carbonyl (C=O) groups is 2. The molecule has 3 aromatic rings. The van der Waals surface area contributed by atoms with Crippen LogP contribution in [0.15, 0.2) is 71.3 Å². The fourth-order valence-electron chi connectivity index (χ4n) is 5.00. The van der Waals surface area contributed by atoms with Gasteiger partial charge in [-0.15, -0.1) is 0 Å². The van der Waals surface area contributed by atoms with E-state index in [2.05, 4.69) is 10.2 Å². The quantitative estimate of drug-likeness (QED) is 0.549. The van der Waals surface area contributed by atoms with E-state index in [1.165, 1.54) is 6.26 Å². The van der Waals surface area contributed by atoms with Crippen LogP contribution >= 0.6 is 0 Å². The number of morpholine rings is 1. The van der Waals surface area contributed by atoms with Crippen molar-refractivity contribution in [1.29, 1.82) is 0 Å². The van der Waals surface area contributed by atoms with Gasteiger partial charge in [0.25, 0.3) is 5.91 Å². The number of hydrogen-bond donors (Lipinski definition) is 1. The standard InChI is InChI=1S/C28H31N3O5/c1-34-23-10-8-20(9-11-23)25(30-12-15-35-16-13-30)18-29-27(32)24-17-21-5-2-3-6-22(21)19-31(24)28(33)26-7-4-14-36-26/h2-11,14,24-25H,12-13,15-19H2,1H3,(H,29,32). The second-order valence-corrected chi connectivity index (χ2v) is 9.08. The molecule has 2 amide bonds. The van der Waals surface area contributed by atoms with E-state index >= 15 is 0 Å². The van der Waals surface area contributed by atoms with Gasteiger partial charge < -0.3 is 24.1 Å². The van der Waals surface area contributed by atoms with E-state index in [-0.39, 0.29) is 23.6 Å². The highest BCUT2D eigenvalue weighted by atomic mass is 16.5. The fraction of sp³-hybridized carbons (Fsp3) is 0.357. The summed E-state index contributed by atoms with van der Waals surface area (Å²) in [6.07, 6.45) is 1.93. The molecule has 188 valence electrons. The summed E-state index contributed by atoms with van der Waals surface area (Å²) < 4.78 is 16.2. The topological polar surface area (TPSA) is 84.2 Å². The van der Waals surface area contributed by atoms with Crippen LogP contribution in [0.25, 0.3) is 0 Å². The minimum Gasteiger partial charge on any atom is -0.497 e. The molecule has 3 heterocycles. The van der Waals surface area contributed by atoms with Gasteiger partial charge in [0.05, 0.1) is 32.6 Å². The number of nitrogens with one attached hydrogen (secondary N) is 1. The van der Waals surface area contributed by atoms with E-state index < -0.39 is 6.04 Å². The Hall–Kier alpha value is -3.62. The zero-order valence-electron chi connectivity index (χ0n) is 20.4. The number of fused-ring (bicyclic) bond motifs is 1. The molecule has 2 aliphatic rings. The van der Waals surface area contributed by atoms with Crippen molar-refractivity contribution in [1.82, 2.24) is 15.1 Å². The summed E-state index contributed by atoms with van der Waals surface area (Å²) in [5.74, 6) is 0.568. The predicted molar refractivity (Wildman–Crippen MR) is 134 cm³/mol. The molecule has 5 rings (SSSR count). The Morgan fingerprint density at radius 3 is 2.47 bits per heavy atom.